The first-order chi connectivity index (χ1) is 10.9. The molecule has 0 aliphatic rings. The number of hydrogen-bond donors (Lipinski definition) is 3. The van der Waals surface area contributed by atoms with Gasteiger partial charge < -0.3 is 16.0 Å². The normalized spacial score (nSPS) is 11.4. The Labute approximate surface area is 140 Å². The quantitative estimate of drug-likeness (QED) is 0.745. The average molecular weight is 331 g/mol. The van der Waals surface area contributed by atoms with Crippen LogP contribution in [0, 0.1) is 5.82 Å². The summed E-state index contributed by atoms with van der Waals surface area (Å²) in [5, 5.41) is 9.37. The molecule has 0 aliphatic heterocycles. The van der Waals surface area contributed by atoms with Crippen molar-refractivity contribution in [2.75, 3.05) is 10.6 Å². The fraction of sp³-hybridized carbons (Fsp3) is 0.176. The zero-order valence-corrected chi connectivity index (χ0v) is 13.7. The lowest BCUT2D eigenvalue weighted by molar-refractivity contribution is -0.114. The van der Waals surface area contributed by atoms with Crippen molar-refractivity contribution < 1.29 is 9.18 Å². The van der Waals surface area contributed by atoms with Gasteiger partial charge in [-0.15, -0.1) is 0 Å². The van der Waals surface area contributed by atoms with Gasteiger partial charge in [0.2, 0.25) is 5.91 Å². The lowest BCUT2D eigenvalue weighted by Crippen LogP contribution is -2.30. The second-order valence-corrected chi connectivity index (χ2v) is 5.54. The molecule has 23 heavy (non-hydrogen) atoms. The van der Waals surface area contributed by atoms with E-state index in [0.29, 0.717) is 5.11 Å². The third-order valence-electron chi connectivity index (χ3n) is 3.18. The van der Waals surface area contributed by atoms with Crippen LogP contribution in [0.5, 0.6) is 0 Å². The Morgan fingerprint density at radius 2 is 1.52 bits per heavy atom. The number of benzene rings is 2. The number of carbonyl (C=O) groups excluding carboxylic acids is 1. The molecule has 0 saturated carbocycles. The summed E-state index contributed by atoms with van der Waals surface area (Å²) in [6, 6.07) is 13.5. The van der Waals surface area contributed by atoms with Crippen LogP contribution in [0.3, 0.4) is 0 Å². The Balaban J connectivity index is 1.91. The van der Waals surface area contributed by atoms with Gasteiger partial charge in [0.15, 0.2) is 5.11 Å². The number of anilines is 2. The van der Waals surface area contributed by atoms with Crippen LogP contribution in [0.4, 0.5) is 15.8 Å². The van der Waals surface area contributed by atoms with E-state index < -0.39 is 0 Å². The Morgan fingerprint density at radius 1 is 1.00 bits per heavy atom. The second-order valence-electron chi connectivity index (χ2n) is 5.13. The van der Waals surface area contributed by atoms with E-state index in [0.717, 1.165) is 16.9 Å². The summed E-state index contributed by atoms with van der Waals surface area (Å²) >= 11 is 5.27. The SMILES string of the molecule is CC(=O)Nc1ccc(NC(=S)NC(C)c2ccc(F)cc2)cc1. The molecule has 0 aliphatic carbocycles. The summed E-state index contributed by atoms with van der Waals surface area (Å²) in [6.07, 6.45) is 0. The van der Waals surface area contributed by atoms with Crippen LogP contribution in [-0.4, -0.2) is 11.0 Å². The van der Waals surface area contributed by atoms with Gasteiger partial charge in [-0.1, -0.05) is 12.1 Å². The number of thiocarbonyl (C=S) groups is 1. The van der Waals surface area contributed by atoms with E-state index in [4.69, 9.17) is 12.2 Å². The van der Waals surface area contributed by atoms with E-state index in [-0.39, 0.29) is 17.8 Å². The minimum absolute atomic E-state index is 0.0470. The summed E-state index contributed by atoms with van der Waals surface area (Å²) in [5.74, 6) is -0.378. The topological polar surface area (TPSA) is 53.2 Å². The Morgan fingerprint density at radius 3 is 2.04 bits per heavy atom. The molecule has 6 heteroatoms. The summed E-state index contributed by atoms with van der Waals surface area (Å²) < 4.78 is 12.9. The maximum Gasteiger partial charge on any atom is 0.221 e. The van der Waals surface area contributed by atoms with Gasteiger partial charge >= 0.3 is 0 Å². The molecule has 0 fully saturated rings. The van der Waals surface area contributed by atoms with Gasteiger partial charge in [-0.3, -0.25) is 4.79 Å². The molecule has 0 bridgehead atoms. The molecule has 120 valence electrons. The van der Waals surface area contributed by atoms with Crippen molar-refractivity contribution in [1.29, 1.82) is 0 Å². The number of hydrogen-bond acceptors (Lipinski definition) is 2. The predicted octanol–water partition coefficient (Wildman–Crippen LogP) is 3.83. The van der Waals surface area contributed by atoms with Crippen molar-refractivity contribution in [3.63, 3.8) is 0 Å². The number of amides is 1. The maximum atomic E-state index is 12.9. The minimum Gasteiger partial charge on any atom is -0.356 e. The van der Waals surface area contributed by atoms with E-state index in [1.54, 1.807) is 24.3 Å². The Hall–Kier alpha value is -2.47. The molecule has 0 spiro atoms. The highest BCUT2D eigenvalue weighted by atomic mass is 32.1. The van der Waals surface area contributed by atoms with Crippen LogP contribution in [0.15, 0.2) is 48.5 Å². The fourth-order valence-electron chi connectivity index (χ4n) is 2.04. The smallest absolute Gasteiger partial charge is 0.221 e. The van der Waals surface area contributed by atoms with Crippen LogP contribution >= 0.6 is 12.2 Å². The molecule has 3 N–H and O–H groups in total. The minimum atomic E-state index is -0.263. The van der Waals surface area contributed by atoms with Crippen molar-refractivity contribution >= 4 is 34.6 Å². The molecule has 0 radical (unpaired) electrons. The van der Waals surface area contributed by atoms with Gasteiger partial charge in [0.1, 0.15) is 5.82 Å². The summed E-state index contributed by atoms with van der Waals surface area (Å²) in [7, 11) is 0. The van der Waals surface area contributed by atoms with Crippen LogP contribution in [0.2, 0.25) is 0 Å². The maximum absolute atomic E-state index is 12.9. The highest BCUT2D eigenvalue weighted by molar-refractivity contribution is 7.80. The zero-order valence-electron chi connectivity index (χ0n) is 12.9. The molecular formula is C17H18FN3OS. The molecular weight excluding hydrogens is 313 g/mol. The Kier molecular flexibility index (Phi) is 5.65. The molecule has 1 unspecified atom stereocenters. The van der Waals surface area contributed by atoms with Gasteiger partial charge in [0, 0.05) is 18.3 Å². The van der Waals surface area contributed by atoms with Gasteiger partial charge in [-0.2, -0.15) is 0 Å². The highest BCUT2D eigenvalue weighted by Gasteiger charge is 2.07. The first-order valence-corrected chi connectivity index (χ1v) is 7.55. The highest BCUT2D eigenvalue weighted by Crippen LogP contribution is 2.15. The van der Waals surface area contributed by atoms with Crippen LogP contribution in [0.25, 0.3) is 0 Å². The number of rotatable bonds is 4. The third kappa shape index (κ3) is 5.34. The number of carbonyl (C=O) groups is 1. The first-order valence-electron chi connectivity index (χ1n) is 7.14. The summed E-state index contributed by atoms with van der Waals surface area (Å²) in [6.45, 7) is 3.41. The van der Waals surface area contributed by atoms with Gasteiger partial charge in [0.25, 0.3) is 0 Å². The number of nitrogens with one attached hydrogen (secondary N) is 3. The van der Waals surface area contributed by atoms with Crippen molar-refractivity contribution in [2.24, 2.45) is 0 Å². The average Bonchev–Trinajstić information content (AvgIpc) is 2.49. The molecule has 2 aromatic carbocycles. The predicted molar refractivity (Wildman–Crippen MR) is 94.9 cm³/mol. The van der Waals surface area contributed by atoms with Gasteiger partial charge in [0.05, 0.1) is 6.04 Å². The second kappa shape index (κ2) is 7.69. The standard InChI is InChI=1S/C17H18FN3OS/c1-11(13-3-5-14(18)6-4-13)19-17(23)21-16-9-7-15(8-10-16)20-12(2)22/h3-11H,1-2H3,(H,20,22)(H2,19,21,23). The summed E-state index contributed by atoms with van der Waals surface area (Å²) in [5.41, 5.74) is 2.47. The number of halogens is 1. The molecule has 0 saturated heterocycles. The van der Waals surface area contributed by atoms with Crippen molar-refractivity contribution in [3.8, 4) is 0 Å². The fourth-order valence-corrected chi connectivity index (χ4v) is 2.33. The van der Waals surface area contributed by atoms with Gasteiger partial charge in [-0.25, -0.2) is 4.39 Å². The van der Waals surface area contributed by atoms with Crippen molar-refractivity contribution in [2.45, 2.75) is 19.9 Å². The molecule has 1 atom stereocenters. The molecule has 0 aromatic heterocycles. The van der Waals surface area contributed by atoms with E-state index in [9.17, 15) is 9.18 Å². The molecule has 2 aromatic rings. The van der Waals surface area contributed by atoms with Crippen molar-refractivity contribution in [3.05, 3.63) is 59.9 Å². The van der Waals surface area contributed by atoms with Crippen LogP contribution in [0.1, 0.15) is 25.5 Å². The van der Waals surface area contributed by atoms with Gasteiger partial charge in [-0.05, 0) is 61.1 Å². The first kappa shape index (κ1) is 16.9. The molecule has 0 heterocycles. The molecule has 2 rings (SSSR count). The van der Waals surface area contributed by atoms with E-state index in [1.807, 2.05) is 19.1 Å². The van der Waals surface area contributed by atoms with Crippen molar-refractivity contribution in [1.82, 2.24) is 5.32 Å². The third-order valence-corrected chi connectivity index (χ3v) is 3.40. The monoisotopic (exact) mass is 331 g/mol. The molecule has 4 nitrogen and oxygen atoms in total. The Bertz CT molecular complexity index is 686. The van der Waals surface area contributed by atoms with Crippen LogP contribution in [-0.2, 0) is 4.79 Å². The lowest BCUT2D eigenvalue weighted by atomic mass is 10.1. The largest absolute Gasteiger partial charge is 0.356 e. The lowest BCUT2D eigenvalue weighted by Gasteiger charge is -2.17. The van der Waals surface area contributed by atoms with Crippen LogP contribution < -0.4 is 16.0 Å². The van der Waals surface area contributed by atoms with E-state index in [2.05, 4.69) is 16.0 Å². The summed E-state index contributed by atoms with van der Waals surface area (Å²) in [4.78, 5) is 11.0. The van der Waals surface area contributed by atoms with E-state index in [1.165, 1.54) is 19.1 Å². The van der Waals surface area contributed by atoms with E-state index >= 15 is 0 Å². The molecule has 1 amide bonds. The zero-order chi connectivity index (χ0) is 16.8.